The van der Waals surface area contributed by atoms with Gasteiger partial charge in [0.15, 0.2) is 0 Å². The number of nitrogens with zero attached hydrogens (tertiary/aromatic N) is 1. The Morgan fingerprint density at radius 1 is 1.04 bits per heavy atom. The van der Waals surface area contributed by atoms with Gasteiger partial charge in [0.05, 0.1) is 19.9 Å². The highest BCUT2D eigenvalue weighted by atomic mass is 16.5. The van der Waals surface area contributed by atoms with Gasteiger partial charge in [0.1, 0.15) is 11.5 Å². The fourth-order valence-electron chi connectivity index (χ4n) is 2.17. The molecule has 0 saturated heterocycles. The number of urea groups is 1. The van der Waals surface area contributed by atoms with Gasteiger partial charge in [-0.05, 0) is 29.8 Å². The van der Waals surface area contributed by atoms with E-state index in [1.165, 1.54) is 0 Å². The summed E-state index contributed by atoms with van der Waals surface area (Å²) in [5, 5.41) is 5.60. The summed E-state index contributed by atoms with van der Waals surface area (Å²) >= 11 is 0. The number of hydrogen-bond donors (Lipinski definition) is 2. The van der Waals surface area contributed by atoms with Crippen LogP contribution in [0.5, 0.6) is 11.5 Å². The zero-order valence-electron chi connectivity index (χ0n) is 14.4. The highest BCUT2D eigenvalue weighted by Gasteiger charge is 2.09. The SMILES string of the molecule is COc1ccc(OC)c(NC(=O)NCc2ccc(N(C)C)cc2)c1. The summed E-state index contributed by atoms with van der Waals surface area (Å²) in [5.74, 6) is 1.21. The summed E-state index contributed by atoms with van der Waals surface area (Å²) in [6, 6.07) is 12.9. The van der Waals surface area contributed by atoms with Gasteiger partial charge in [-0.3, -0.25) is 0 Å². The number of hydrogen-bond acceptors (Lipinski definition) is 4. The molecule has 2 rings (SSSR count). The second-order valence-electron chi connectivity index (χ2n) is 5.43. The second kappa shape index (κ2) is 8.10. The fourth-order valence-corrected chi connectivity index (χ4v) is 2.17. The van der Waals surface area contributed by atoms with Crippen LogP contribution in [0.4, 0.5) is 16.2 Å². The van der Waals surface area contributed by atoms with Crippen LogP contribution >= 0.6 is 0 Å². The lowest BCUT2D eigenvalue weighted by Gasteiger charge is -2.14. The van der Waals surface area contributed by atoms with E-state index in [1.807, 2.05) is 43.3 Å². The van der Waals surface area contributed by atoms with E-state index in [4.69, 9.17) is 9.47 Å². The molecule has 0 bridgehead atoms. The van der Waals surface area contributed by atoms with Crippen LogP contribution in [-0.4, -0.2) is 34.3 Å². The van der Waals surface area contributed by atoms with Gasteiger partial charge in [0.2, 0.25) is 0 Å². The predicted molar refractivity (Wildman–Crippen MR) is 96.2 cm³/mol. The van der Waals surface area contributed by atoms with E-state index in [0.717, 1.165) is 11.3 Å². The van der Waals surface area contributed by atoms with Crippen molar-refractivity contribution < 1.29 is 14.3 Å². The highest BCUT2D eigenvalue weighted by Crippen LogP contribution is 2.28. The summed E-state index contributed by atoms with van der Waals surface area (Å²) < 4.78 is 10.4. The van der Waals surface area contributed by atoms with Gasteiger partial charge in [-0.15, -0.1) is 0 Å². The van der Waals surface area contributed by atoms with Crippen LogP contribution in [0.1, 0.15) is 5.56 Å². The first-order valence-corrected chi connectivity index (χ1v) is 7.56. The Labute approximate surface area is 142 Å². The topological polar surface area (TPSA) is 62.8 Å². The van der Waals surface area contributed by atoms with Crippen molar-refractivity contribution in [1.29, 1.82) is 0 Å². The number of methoxy groups -OCH3 is 2. The molecular weight excluding hydrogens is 306 g/mol. The first-order chi connectivity index (χ1) is 11.5. The van der Waals surface area contributed by atoms with E-state index in [0.29, 0.717) is 23.7 Å². The zero-order valence-corrected chi connectivity index (χ0v) is 14.4. The molecule has 6 heteroatoms. The van der Waals surface area contributed by atoms with Crippen molar-refractivity contribution in [2.24, 2.45) is 0 Å². The summed E-state index contributed by atoms with van der Waals surface area (Å²) in [6.07, 6.45) is 0. The molecule has 0 radical (unpaired) electrons. The Hall–Kier alpha value is -2.89. The number of carbonyl (C=O) groups is 1. The van der Waals surface area contributed by atoms with E-state index in [-0.39, 0.29) is 6.03 Å². The quantitative estimate of drug-likeness (QED) is 0.855. The van der Waals surface area contributed by atoms with Crippen molar-refractivity contribution in [3.05, 3.63) is 48.0 Å². The molecule has 2 aromatic rings. The highest BCUT2D eigenvalue weighted by molar-refractivity contribution is 5.91. The van der Waals surface area contributed by atoms with Crippen LogP contribution < -0.4 is 25.0 Å². The van der Waals surface area contributed by atoms with Crippen molar-refractivity contribution in [2.45, 2.75) is 6.54 Å². The third-order valence-corrected chi connectivity index (χ3v) is 3.56. The predicted octanol–water partition coefficient (Wildman–Crippen LogP) is 3.09. The molecule has 0 aliphatic rings. The van der Waals surface area contributed by atoms with Gasteiger partial charge in [0, 0.05) is 32.4 Å². The van der Waals surface area contributed by atoms with E-state index >= 15 is 0 Å². The Morgan fingerprint density at radius 3 is 2.33 bits per heavy atom. The van der Waals surface area contributed by atoms with Crippen LogP contribution in [0.15, 0.2) is 42.5 Å². The van der Waals surface area contributed by atoms with E-state index in [9.17, 15) is 4.79 Å². The lowest BCUT2D eigenvalue weighted by Crippen LogP contribution is -2.28. The fraction of sp³-hybridized carbons (Fsp3) is 0.278. The van der Waals surface area contributed by atoms with Crippen LogP contribution in [0.3, 0.4) is 0 Å². The van der Waals surface area contributed by atoms with E-state index in [1.54, 1.807) is 32.4 Å². The van der Waals surface area contributed by atoms with Crippen molar-refractivity contribution in [2.75, 3.05) is 38.5 Å². The summed E-state index contributed by atoms with van der Waals surface area (Å²) in [6.45, 7) is 0.436. The minimum Gasteiger partial charge on any atom is -0.497 e. The van der Waals surface area contributed by atoms with Crippen molar-refractivity contribution in [1.82, 2.24) is 5.32 Å². The molecule has 2 N–H and O–H groups in total. The number of ether oxygens (including phenoxy) is 2. The minimum absolute atomic E-state index is 0.307. The van der Waals surface area contributed by atoms with Gasteiger partial charge < -0.3 is 25.0 Å². The monoisotopic (exact) mass is 329 g/mol. The molecule has 0 heterocycles. The third-order valence-electron chi connectivity index (χ3n) is 3.56. The number of benzene rings is 2. The third kappa shape index (κ3) is 4.55. The van der Waals surface area contributed by atoms with Gasteiger partial charge >= 0.3 is 6.03 Å². The first-order valence-electron chi connectivity index (χ1n) is 7.56. The van der Waals surface area contributed by atoms with Gasteiger partial charge in [-0.2, -0.15) is 0 Å². The molecule has 2 amide bonds. The Morgan fingerprint density at radius 2 is 1.75 bits per heavy atom. The average Bonchev–Trinajstić information content (AvgIpc) is 2.60. The van der Waals surface area contributed by atoms with Gasteiger partial charge in [-0.1, -0.05) is 12.1 Å². The standard InChI is InChI=1S/C18H23N3O3/c1-21(2)14-7-5-13(6-8-14)12-19-18(22)20-16-11-15(23-3)9-10-17(16)24-4/h5-11H,12H2,1-4H3,(H2,19,20,22). The van der Waals surface area contributed by atoms with Gasteiger partial charge in [-0.25, -0.2) is 4.79 Å². The molecule has 2 aromatic carbocycles. The summed E-state index contributed by atoms with van der Waals surface area (Å²) in [7, 11) is 7.10. The summed E-state index contributed by atoms with van der Waals surface area (Å²) in [4.78, 5) is 14.1. The smallest absolute Gasteiger partial charge is 0.319 e. The van der Waals surface area contributed by atoms with Crippen LogP contribution in [0.25, 0.3) is 0 Å². The van der Waals surface area contributed by atoms with Crippen molar-refractivity contribution >= 4 is 17.4 Å². The maximum absolute atomic E-state index is 12.1. The molecule has 6 nitrogen and oxygen atoms in total. The maximum atomic E-state index is 12.1. The molecule has 0 aliphatic heterocycles. The number of anilines is 2. The first kappa shape index (κ1) is 17.5. The molecule has 0 aromatic heterocycles. The lowest BCUT2D eigenvalue weighted by molar-refractivity contribution is 0.251. The van der Waals surface area contributed by atoms with Crippen molar-refractivity contribution in [3.8, 4) is 11.5 Å². The Bertz CT molecular complexity index is 684. The second-order valence-corrected chi connectivity index (χ2v) is 5.43. The van der Waals surface area contributed by atoms with Crippen molar-refractivity contribution in [3.63, 3.8) is 0 Å². The van der Waals surface area contributed by atoms with Gasteiger partial charge in [0.25, 0.3) is 0 Å². The largest absolute Gasteiger partial charge is 0.497 e. The minimum atomic E-state index is -0.307. The lowest BCUT2D eigenvalue weighted by atomic mass is 10.2. The molecule has 0 atom stereocenters. The molecule has 24 heavy (non-hydrogen) atoms. The molecule has 0 saturated carbocycles. The molecule has 0 fully saturated rings. The number of nitrogens with one attached hydrogen (secondary N) is 2. The normalized spacial score (nSPS) is 10.0. The Kier molecular flexibility index (Phi) is 5.89. The summed E-state index contributed by atoms with van der Waals surface area (Å²) in [5.41, 5.74) is 2.69. The molecule has 0 spiro atoms. The van der Waals surface area contributed by atoms with E-state index < -0.39 is 0 Å². The van der Waals surface area contributed by atoms with Crippen LogP contribution in [-0.2, 0) is 6.54 Å². The number of amides is 2. The maximum Gasteiger partial charge on any atom is 0.319 e. The molecule has 0 unspecified atom stereocenters. The van der Waals surface area contributed by atoms with Crippen LogP contribution in [0, 0.1) is 0 Å². The number of rotatable bonds is 6. The number of carbonyl (C=O) groups excluding carboxylic acids is 1. The molecular formula is C18H23N3O3. The van der Waals surface area contributed by atoms with E-state index in [2.05, 4.69) is 10.6 Å². The molecule has 128 valence electrons. The molecule has 0 aliphatic carbocycles. The Balaban J connectivity index is 1.96. The zero-order chi connectivity index (χ0) is 17.5. The average molecular weight is 329 g/mol. The van der Waals surface area contributed by atoms with Crippen LogP contribution in [0.2, 0.25) is 0 Å².